The first kappa shape index (κ1) is 16.1. The van der Waals surface area contributed by atoms with Gasteiger partial charge in [0.25, 0.3) is 0 Å². The van der Waals surface area contributed by atoms with Crippen LogP contribution in [0.25, 0.3) is 0 Å². The summed E-state index contributed by atoms with van der Waals surface area (Å²) < 4.78 is 0. The predicted octanol–water partition coefficient (Wildman–Crippen LogP) is 3.53. The lowest BCUT2D eigenvalue weighted by Gasteiger charge is -2.28. The summed E-state index contributed by atoms with van der Waals surface area (Å²) in [4.78, 5) is 9.44. The molecule has 2 aromatic rings. The van der Waals surface area contributed by atoms with E-state index in [1.165, 1.54) is 62.7 Å². The molecule has 4 heteroatoms. The van der Waals surface area contributed by atoms with Crippen molar-refractivity contribution in [2.75, 3.05) is 44.2 Å². The molecule has 3 nitrogen and oxygen atoms in total. The fraction of sp³-hybridized carbons (Fsp3) is 0.500. The smallest absolute Gasteiger partial charge is 0.0366 e. The first-order valence-corrected chi connectivity index (χ1v) is 10.1. The van der Waals surface area contributed by atoms with E-state index in [0.717, 1.165) is 12.6 Å². The summed E-state index contributed by atoms with van der Waals surface area (Å²) in [5, 5.41) is 2.19. The van der Waals surface area contributed by atoms with E-state index >= 15 is 0 Å². The van der Waals surface area contributed by atoms with E-state index in [4.69, 9.17) is 0 Å². The minimum Gasteiger partial charge on any atom is -0.370 e. The SMILES string of the molecule is c1ccc(N2CCC(N3CCCN(Cc4cccs4)CC3)C2)cc1. The Morgan fingerprint density at radius 2 is 1.83 bits per heavy atom. The summed E-state index contributed by atoms with van der Waals surface area (Å²) in [7, 11) is 0. The summed E-state index contributed by atoms with van der Waals surface area (Å²) in [5.41, 5.74) is 1.38. The summed E-state index contributed by atoms with van der Waals surface area (Å²) in [5.74, 6) is 0. The van der Waals surface area contributed by atoms with E-state index in [9.17, 15) is 0 Å². The van der Waals surface area contributed by atoms with Gasteiger partial charge in [-0.05, 0) is 49.5 Å². The maximum atomic E-state index is 2.75. The molecule has 2 aliphatic rings. The molecule has 0 bridgehead atoms. The van der Waals surface area contributed by atoms with Crippen LogP contribution >= 0.6 is 11.3 Å². The zero-order valence-electron chi connectivity index (χ0n) is 14.3. The van der Waals surface area contributed by atoms with E-state index in [1.54, 1.807) is 0 Å². The van der Waals surface area contributed by atoms with Crippen molar-refractivity contribution in [3.63, 3.8) is 0 Å². The van der Waals surface area contributed by atoms with Crippen molar-refractivity contribution < 1.29 is 0 Å². The number of thiophene rings is 1. The summed E-state index contributed by atoms with van der Waals surface area (Å²) in [6, 6.07) is 16.1. The van der Waals surface area contributed by atoms with Crippen LogP contribution in [0.15, 0.2) is 47.8 Å². The third-order valence-corrected chi connectivity index (χ3v) is 6.24. The highest BCUT2D eigenvalue weighted by molar-refractivity contribution is 7.09. The van der Waals surface area contributed by atoms with Crippen molar-refractivity contribution in [2.45, 2.75) is 25.4 Å². The topological polar surface area (TPSA) is 9.72 Å². The fourth-order valence-electron chi connectivity index (χ4n) is 4.05. The van der Waals surface area contributed by atoms with Crippen molar-refractivity contribution in [1.82, 2.24) is 9.80 Å². The zero-order valence-corrected chi connectivity index (χ0v) is 15.1. The predicted molar refractivity (Wildman–Crippen MR) is 103 cm³/mol. The average molecular weight is 342 g/mol. The van der Waals surface area contributed by atoms with Crippen molar-refractivity contribution in [1.29, 1.82) is 0 Å². The van der Waals surface area contributed by atoms with Gasteiger partial charge in [-0.2, -0.15) is 0 Å². The Labute approximate surface area is 149 Å². The third-order valence-electron chi connectivity index (χ3n) is 5.38. The molecule has 0 N–H and O–H groups in total. The molecule has 128 valence electrons. The van der Waals surface area contributed by atoms with Gasteiger partial charge in [-0.3, -0.25) is 9.80 Å². The van der Waals surface area contributed by atoms with Crippen molar-refractivity contribution in [3.8, 4) is 0 Å². The lowest BCUT2D eigenvalue weighted by molar-refractivity contribution is 0.208. The molecule has 1 unspecified atom stereocenters. The van der Waals surface area contributed by atoms with Crippen LogP contribution in [0.1, 0.15) is 17.7 Å². The van der Waals surface area contributed by atoms with Gasteiger partial charge in [0.1, 0.15) is 0 Å². The van der Waals surface area contributed by atoms with Gasteiger partial charge in [0, 0.05) is 49.3 Å². The highest BCUT2D eigenvalue weighted by atomic mass is 32.1. The number of hydrogen-bond acceptors (Lipinski definition) is 4. The molecule has 0 saturated carbocycles. The van der Waals surface area contributed by atoms with Crippen LogP contribution in [0.2, 0.25) is 0 Å². The monoisotopic (exact) mass is 341 g/mol. The Kier molecular flexibility index (Phi) is 5.16. The average Bonchev–Trinajstić information content (AvgIpc) is 3.25. The molecule has 1 atom stereocenters. The lowest BCUT2D eigenvalue weighted by atomic mass is 10.2. The van der Waals surface area contributed by atoms with Crippen LogP contribution in [-0.2, 0) is 6.54 Å². The maximum Gasteiger partial charge on any atom is 0.0366 e. The number of hydrogen-bond donors (Lipinski definition) is 0. The summed E-state index contributed by atoms with van der Waals surface area (Å²) in [6.45, 7) is 8.45. The summed E-state index contributed by atoms with van der Waals surface area (Å²) in [6.07, 6.45) is 2.60. The van der Waals surface area contributed by atoms with E-state index in [-0.39, 0.29) is 0 Å². The fourth-order valence-corrected chi connectivity index (χ4v) is 4.80. The highest BCUT2D eigenvalue weighted by Gasteiger charge is 2.29. The van der Waals surface area contributed by atoms with Crippen LogP contribution in [0, 0.1) is 0 Å². The van der Waals surface area contributed by atoms with Crippen LogP contribution in [0.3, 0.4) is 0 Å². The quantitative estimate of drug-likeness (QED) is 0.842. The summed E-state index contributed by atoms with van der Waals surface area (Å²) >= 11 is 1.89. The molecule has 1 aromatic heterocycles. The van der Waals surface area contributed by atoms with Crippen LogP contribution < -0.4 is 4.90 Å². The zero-order chi connectivity index (χ0) is 16.2. The molecule has 2 fully saturated rings. The molecule has 2 saturated heterocycles. The van der Waals surface area contributed by atoms with Gasteiger partial charge in [0.2, 0.25) is 0 Å². The first-order chi connectivity index (χ1) is 11.9. The molecule has 3 heterocycles. The second kappa shape index (κ2) is 7.68. The molecule has 1 aromatic carbocycles. The largest absolute Gasteiger partial charge is 0.370 e. The number of benzene rings is 1. The minimum atomic E-state index is 0.729. The second-order valence-corrected chi connectivity index (χ2v) is 8.00. The third kappa shape index (κ3) is 3.82. The van der Waals surface area contributed by atoms with Crippen molar-refractivity contribution >= 4 is 17.0 Å². The Morgan fingerprint density at radius 3 is 2.67 bits per heavy atom. The molecular formula is C20H27N3S. The normalized spacial score (nSPS) is 23.5. The molecule has 4 rings (SSSR count). The highest BCUT2D eigenvalue weighted by Crippen LogP contribution is 2.24. The minimum absolute atomic E-state index is 0.729. The van der Waals surface area contributed by atoms with Crippen molar-refractivity contribution in [3.05, 3.63) is 52.7 Å². The molecule has 0 amide bonds. The maximum absolute atomic E-state index is 2.75. The van der Waals surface area contributed by atoms with E-state index in [1.807, 2.05) is 11.3 Å². The van der Waals surface area contributed by atoms with Gasteiger partial charge in [-0.15, -0.1) is 11.3 Å². The number of anilines is 1. The Bertz CT molecular complexity index is 613. The van der Waals surface area contributed by atoms with Gasteiger partial charge in [-0.25, -0.2) is 0 Å². The van der Waals surface area contributed by atoms with Gasteiger partial charge < -0.3 is 4.90 Å². The Morgan fingerprint density at radius 1 is 0.917 bits per heavy atom. The Hall–Kier alpha value is -1.36. The van der Waals surface area contributed by atoms with Crippen LogP contribution in [-0.4, -0.2) is 55.1 Å². The van der Waals surface area contributed by atoms with Gasteiger partial charge >= 0.3 is 0 Å². The molecular weight excluding hydrogens is 314 g/mol. The van der Waals surface area contributed by atoms with Gasteiger partial charge in [0.15, 0.2) is 0 Å². The van der Waals surface area contributed by atoms with Gasteiger partial charge in [0.05, 0.1) is 0 Å². The van der Waals surface area contributed by atoms with E-state index in [0.29, 0.717) is 0 Å². The van der Waals surface area contributed by atoms with E-state index in [2.05, 4.69) is 62.5 Å². The second-order valence-electron chi connectivity index (χ2n) is 6.97. The lowest BCUT2D eigenvalue weighted by Crippen LogP contribution is -2.40. The first-order valence-electron chi connectivity index (χ1n) is 9.17. The number of para-hydroxylation sites is 1. The van der Waals surface area contributed by atoms with Crippen LogP contribution in [0.5, 0.6) is 0 Å². The van der Waals surface area contributed by atoms with E-state index < -0.39 is 0 Å². The molecule has 0 radical (unpaired) electrons. The molecule has 2 aliphatic heterocycles. The molecule has 0 spiro atoms. The van der Waals surface area contributed by atoms with Crippen molar-refractivity contribution in [2.24, 2.45) is 0 Å². The number of rotatable bonds is 4. The molecule has 24 heavy (non-hydrogen) atoms. The standard InChI is InChI=1S/C20H27N3S/c1-2-6-18(7-3-1)23-12-9-19(16-23)22-11-5-10-21(13-14-22)17-20-8-4-15-24-20/h1-4,6-8,15,19H,5,9-14,16-17H2. The van der Waals surface area contributed by atoms with Crippen LogP contribution in [0.4, 0.5) is 5.69 Å². The molecule has 0 aliphatic carbocycles. The Balaban J connectivity index is 1.31. The number of nitrogens with zero attached hydrogens (tertiary/aromatic N) is 3. The van der Waals surface area contributed by atoms with Gasteiger partial charge in [-0.1, -0.05) is 24.3 Å².